The molecule has 0 N–H and O–H groups in total. The molecule has 1 fully saturated rings. The van der Waals surface area contributed by atoms with Crippen molar-refractivity contribution in [1.82, 2.24) is 0 Å². The maximum absolute atomic E-state index is 6.74. The molecule has 6 rings (SSSR count). The van der Waals surface area contributed by atoms with Crippen molar-refractivity contribution in [2.24, 2.45) is 17.8 Å². The molecule has 0 amide bonds. The predicted molar refractivity (Wildman–Crippen MR) is 155 cm³/mol. The molecule has 4 aromatic carbocycles. The lowest BCUT2D eigenvalue weighted by molar-refractivity contribution is 0.0983. The van der Waals surface area contributed by atoms with Gasteiger partial charge in [0.15, 0.2) is 0 Å². The molecule has 0 spiro atoms. The zero-order valence-electron chi connectivity index (χ0n) is 22.8. The van der Waals surface area contributed by atoms with Crippen LogP contribution < -0.4 is 18.9 Å². The number of rotatable bonds is 5. The Hall–Kier alpha value is -3.40. The Morgan fingerprint density at radius 3 is 1.63 bits per heavy atom. The summed E-state index contributed by atoms with van der Waals surface area (Å²) in [5.74, 6) is 5.33. The van der Waals surface area contributed by atoms with E-state index in [2.05, 4.69) is 55.5 Å². The van der Waals surface area contributed by atoms with E-state index in [-0.39, 0.29) is 0 Å². The van der Waals surface area contributed by atoms with Crippen molar-refractivity contribution in [3.05, 3.63) is 60.7 Å². The lowest BCUT2D eigenvalue weighted by Gasteiger charge is -2.33. The molecule has 0 atom stereocenters. The maximum atomic E-state index is 6.74. The van der Waals surface area contributed by atoms with Crippen molar-refractivity contribution in [3.8, 4) is 34.1 Å². The molecule has 1 heterocycles. The first-order chi connectivity index (χ1) is 18.7. The Morgan fingerprint density at radius 2 is 1.16 bits per heavy atom. The van der Waals surface area contributed by atoms with Crippen LogP contribution in [-0.2, 0) is 0 Å². The highest BCUT2D eigenvalue weighted by Crippen LogP contribution is 2.48. The van der Waals surface area contributed by atoms with E-state index in [4.69, 9.17) is 18.9 Å². The third kappa shape index (κ3) is 4.66. The molecule has 1 saturated carbocycles. The van der Waals surface area contributed by atoms with Crippen LogP contribution in [0.1, 0.15) is 45.4 Å². The molecule has 0 unspecified atom stereocenters. The highest BCUT2D eigenvalue weighted by atomic mass is 16.5. The van der Waals surface area contributed by atoms with Crippen LogP contribution in [0, 0.1) is 17.8 Å². The van der Waals surface area contributed by atoms with E-state index in [1.165, 1.54) is 38.5 Å². The van der Waals surface area contributed by atoms with Crippen LogP contribution in [0.25, 0.3) is 32.7 Å². The van der Waals surface area contributed by atoms with Gasteiger partial charge in [-0.15, -0.1) is 0 Å². The molecule has 0 bridgehead atoms. The van der Waals surface area contributed by atoms with Gasteiger partial charge in [-0.2, -0.15) is 0 Å². The van der Waals surface area contributed by atoms with Crippen LogP contribution in [0.3, 0.4) is 0 Å². The Morgan fingerprint density at radius 1 is 0.658 bits per heavy atom. The molecule has 0 radical (unpaired) electrons. The fraction of sp³-hybridized carbons (Fsp3) is 0.412. The van der Waals surface area contributed by atoms with Crippen LogP contribution in [0.4, 0.5) is 0 Å². The Bertz CT molecular complexity index is 1340. The molecule has 1 aliphatic carbocycles. The summed E-state index contributed by atoms with van der Waals surface area (Å²) in [4.78, 5) is 0. The SMILES string of the molecule is CCCC1CCC(C2COc3ccc4ccc(OC)cc4c3-c3c(ccc4ccc(OC)cc34)OC2)CC1. The minimum Gasteiger partial charge on any atom is -0.497 e. The molecule has 0 aromatic heterocycles. The first kappa shape index (κ1) is 24.9. The predicted octanol–water partition coefficient (Wildman–Crippen LogP) is 8.67. The number of ether oxygens (including phenoxy) is 4. The first-order valence-corrected chi connectivity index (χ1v) is 14.2. The number of hydrogen-bond donors (Lipinski definition) is 0. The van der Waals surface area contributed by atoms with Gasteiger partial charge in [0.1, 0.15) is 23.0 Å². The maximum Gasteiger partial charge on any atom is 0.127 e. The summed E-state index contributed by atoms with van der Waals surface area (Å²) in [6.07, 6.45) is 7.85. The topological polar surface area (TPSA) is 36.9 Å². The van der Waals surface area contributed by atoms with Crippen molar-refractivity contribution in [2.45, 2.75) is 45.4 Å². The van der Waals surface area contributed by atoms with Gasteiger partial charge in [0, 0.05) is 17.0 Å². The smallest absolute Gasteiger partial charge is 0.127 e. The van der Waals surface area contributed by atoms with Crippen molar-refractivity contribution >= 4 is 21.5 Å². The van der Waals surface area contributed by atoms with Gasteiger partial charge in [-0.1, -0.05) is 56.9 Å². The first-order valence-electron chi connectivity index (χ1n) is 14.2. The van der Waals surface area contributed by atoms with Crippen molar-refractivity contribution in [1.29, 1.82) is 0 Å². The van der Waals surface area contributed by atoms with E-state index in [1.807, 2.05) is 12.1 Å². The normalized spacial score (nSPS) is 19.9. The minimum atomic E-state index is 0.360. The Kier molecular flexibility index (Phi) is 7.06. The zero-order chi connectivity index (χ0) is 26.1. The van der Waals surface area contributed by atoms with E-state index in [0.717, 1.165) is 61.6 Å². The summed E-state index contributed by atoms with van der Waals surface area (Å²) < 4.78 is 24.8. The third-order valence-electron chi connectivity index (χ3n) is 8.79. The van der Waals surface area contributed by atoms with Crippen LogP contribution in [0.5, 0.6) is 23.0 Å². The molecule has 38 heavy (non-hydrogen) atoms. The second-order valence-electron chi connectivity index (χ2n) is 11.0. The fourth-order valence-electron chi connectivity index (χ4n) is 6.64. The highest BCUT2D eigenvalue weighted by Gasteiger charge is 2.31. The van der Waals surface area contributed by atoms with Gasteiger partial charge < -0.3 is 18.9 Å². The lowest BCUT2D eigenvalue weighted by atomic mass is 9.75. The number of hydrogen-bond acceptors (Lipinski definition) is 4. The van der Waals surface area contributed by atoms with Gasteiger partial charge in [0.05, 0.1) is 27.4 Å². The lowest BCUT2D eigenvalue weighted by Crippen LogP contribution is -2.30. The van der Waals surface area contributed by atoms with Gasteiger partial charge in [-0.25, -0.2) is 0 Å². The van der Waals surface area contributed by atoms with Crippen LogP contribution in [0.15, 0.2) is 60.7 Å². The van der Waals surface area contributed by atoms with Crippen molar-refractivity contribution in [3.63, 3.8) is 0 Å². The largest absolute Gasteiger partial charge is 0.497 e. The summed E-state index contributed by atoms with van der Waals surface area (Å²) in [6.45, 7) is 3.64. The highest BCUT2D eigenvalue weighted by molar-refractivity contribution is 6.10. The molecule has 198 valence electrons. The van der Waals surface area contributed by atoms with Gasteiger partial charge in [0.2, 0.25) is 0 Å². The quantitative estimate of drug-likeness (QED) is 0.269. The molecule has 4 aromatic rings. The average Bonchev–Trinajstić information content (AvgIpc) is 3.05. The van der Waals surface area contributed by atoms with E-state index < -0.39 is 0 Å². The molecular formula is C34H38O4. The second kappa shape index (κ2) is 10.8. The summed E-state index contributed by atoms with van der Waals surface area (Å²) in [7, 11) is 3.43. The van der Waals surface area contributed by atoms with Crippen molar-refractivity contribution < 1.29 is 18.9 Å². The van der Waals surface area contributed by atoms with E-state index in [9.17, 15) is 0 Å². The number of benzene rings is 4. The van der Waals surface area contributed by atoms with E-state index in [1.54, 1.807) is 14.2 Å². The molecule has 4 nitrogen and oxygen atoms in total. The van der Waals surface area contributed by atoms with Gasteiger partial charge in [-0.3, -0.25) is 0 Å². The Labute approximate surface area is 225 Å². The zero-order valence-corrected chi connectivity index (χ0v) is 22.8. The molecule has 2 aliphatic rings. The van der Waals surface area contributed by atoms with E-state index >= 15 is 0 Å². The summed E-state index contributed by atoms with van der Waals surface area (Å²) in [5.41, 5.74) is 2.12. The van der Waals surface area contributed by atoms with Gasteiger partial charge >= 0.3 is 0 Å². The molecule has 4 heteroatoms. The number of fused-ring (bicyclic) bond motifs is 7. The summed E-state index contributed by atoms with van der Waals surface area (Å²) >= 11 is 0. The standard InChI is InChI=1S/C34H38O4/c1-4-5-22-6-8-23(9-7-22)26-20-37-31-16-12-24-10-14-27(35-2)18-29(24)33(31)34-30-19-28(36-3)15-11-25(30)13-17-32(34)38-21-26/h10-19,22-23,26H,4-9,20-21H2,1-3H3. The summed E-state index contributed by atoms with van der Waals surface area (Å²) in [6, 6.07) is 21.1. The average molecular weight is 511 g/mol. The monoisotopic (exact) mass is 510 g/mol. The number of methoxy groups -OCH3 is 2. The van der Waals surface area contributed by atoms with E-state index in [0.29, 0.717) is 25.0 Å². The van der Waals surface area contributed by atoms with Gasteiger partial charge in [-0.05, 0) is 82.6 Å². The van der Waals surface area contributed by atoms with Crippen LogP contribution in [-0.4, -0.2) is 27.4 Å². The van der Waals surface area contributed by atoms with Crippen molar-refractivity contribution in [2.75, 3.05) is 27.4 Å². The fourth-order valence-corrected chi connectivity index (χ4v) is 6.64. The van der Waals surface area contributed by atoms with Crippen LogP contribution in [0.2, 0.25) is 0 Å². The summed E-state index contributed by atoms with van der Waals surface area (Å²) in [5, 5.41) is 4.48. The van der Waals surface area contributed by atoms with Crippen LogP contribution >= 0.6 is 0 Å². The third-order valence-corrected chi connectivity index (χ3v) is 8.79. The van der Waals surface area contributed by atoms with Gasteiger partial charge in [0.25, 0.3) is 0 Å². The molecule has 0 saturated heterocycles. The minimum absolute atomic E-state index is 0.360. The Balaban J connectivity index is 1.49. The molecule has 1 aliphatic heterocycles. The molecular weight excluding hydrogens is 472 g/mol. The second-order valence-corrected chi connectivity index (χ2v) is 11.0.